The third-order valence-electron chi connectivity index (χ3n) is 2.37. The van der Waals surface area contributed by atoms with Crippen LogP contribution in [0.5, 0.6) is 0 Å². The van der Waals surface area contributed by atoms with Gasteiger partial charge < -0.3 is 5.11 Å². The predicted molar refractivity (Wildman–Crippen MR) is 53.1 cm³/mol. The first-order chi connectivity index (χ1) is 6.33. The highest BCUT2D eigenvalue weighted by molar-refractivity contribution is 5.73. The van der Waals surface area contributed by atoms with Gasteiger partial charge in [-0.05, 0) is 26.8 Å². The summed E-state index contributed by atoms with van der Waals surface area (Å²) in [6.45, 7) is 5.36. The standard InChI is InChI=1S/C10H16N2O2/c1-7-5-8(11-12(7)4)6-10(2,3)9(13)14/h5H,6H2,1-4H3,(H,13,14). The summed E-state index contributed by atoms with van der Waals surface area (Å²) in [4.78, 5) is 10.9. The summed E-state index contributed by atoms with van der Waals surface area (Å²) >= 11 is 0. The molecule has 0 radical (unpaired) electrons. The summed E-state index contributed by atoms with van der Waals surface area (Å²) in [6, 6.07) is 1.92. The molecule has 0 aliphatic heterocycles. The molecular formula is C10H16N2O2. The highest BCUT2D eigenvalue weighted by Gasteiger charge is 2.28. The summed E-state index contributed by atoms with van der Waals surface area (Å²) in [6.07, 6.45) is 0.462. The van der Waals surface area contributed by atoms with E-state index in [1.54, 1.807) is 18.5 Å². The van der Waals surface area contributed by atoms with Gasteiger partial charge in [0.15, 0.2) is 0 Å². The van der Waals surface area contributed by atoms with E-state index < -0.39 is 11.4 Å². The van der Waals surface area contributed by atoms with Gasteiger partial charge in [0.2, 0.25) is 0 Å². The van der Waals surface area contributed by atoms with Crippen molar-refractivity contribution in [2.24, 2.45) is 12.5 Å². The lowest BCUT2D eigenvalue weighted by molar-refractivity contribution is -0.146. The zero-order valence-corrected chi connectivity index (χ0v) is 9.03. The molecule has 0 atom stereocenters. The third-order valence-corrected chi connectivity index (χ3v) is 2.37. The molecule has 0 saturated heterocycles. The maximum atomic E-state index is 10.9. The maximum Gasteiger partial charge on any atom is 0.309 e. The average Bonchev–Trinajstić information content (AvgIpc) is 2.29. The average molecular weight is 196 g/mol. The van der Waals surface area contributed by atoms with E-state index in [2.05, 4.69) is 5.10 Å². The number of carboxylic acids is 1. The van der Waals surface area contributed by atoms with Crippen molar-refractivity contribution in [2.75, 3.05) is 0 Å². The van der Waals surface area contributed by atoms with Gasteiger partial charge in [0, 0.05) is 19.2 Å². The van der Waals surface area contributed by atoms with Crippen molar-refractivity contribution in [1.82, 2.24) is 9.78 Å². The fraction of sp³-hybridized carbons (Fsp3) is 0.600. The van der Waals surface area contributed by atoms with Gasteiger partial charge >= 0.3 is 5.97 Å². The fourth-order valence-electron chi connectivity index (χ4n) is 1.25. The lowest BCUT2D eigenvalue weighted by Gasteiger charge is -2.16. The van der Waals surface area contributed by atoms with Crippen molar-refractivity contribution in [3.8, 4) is 0 Å². The van der Waals surface area contributed by atoms with Crippen molar-refractivity contribution >= 4 is 5.97 Å². The van der Waals surface area contributed by atoms with Gasteiger partial charge in [0.1, 0.15) is 0 Å². The molecule has 4 heteroatoms. The number of hydrogen-bond acceptors (Lipinski definition) is 2. The van der Waals surface area contributed by atoms with Gasteiger partial charge in [0.05, 0.1) is 11.1 Å². The van der Waals surface area contributed by atoms with Crippen molar-refractivity contribution in [3.05, 3.63) is 17.5 Å². The zero-order chi connectivity index (χ0) is 10.9. The first kappa shape index (κ1) is 10.8. The summed E-state index contributed by atoms with van der Waals surface area (Å²) < 4.78 is 1.76. The predicted octanol–water partition coefficient (Wildman–Crippen LogP) is 1.38. The molecule has 0 aliphatic carbocycles. The number of carbonyl (C=O) groups is 1. The van der Waals surface area contributed by atoms with Crippen molar-refractivity contribution in [2.45, 2.75) is 27.2 Å². The molecule has 0 amide bonds. The number of rotatable bonds is 3. The molecule has 4 nitrogen and oxygen atoms in total. The van der Waals surface area contributed by atoms with E-state index in [1.165, 1.54) is 0 Å². The Hall–Kier alpha value is -1.32. The summed E-state index contributed by atoms with van der Waals surface area (Å²) in [7, 11) is 1.85. The van der Waals surface area contributed by atoms with Crippen molar-refractivity contribution < 1.29 is 9.90 Å². The molecule has 78 valence electrons. The molecular weight excluding hydrogens is 180 g/mol. The Morgan fingerprint density at radius 1 is 1.64 bits per heavy atom. The van der Waals surface area contributed by atoms with Gasteiger partial charge in [-0.15, -0.1) is 0 Å². The van der Waals surface area contributed by atoms with Gasteiger partial charge in [-0.3, -0.25) is 9.48 Å². The van der Waals surface area contributed by atoms with E-state index in [0.717, 1.165) is 11.4 Å². The number of aryl methyl sites for hydroxylation is 2. The van der Waals surface area contributed by atoms with Gasteiger partial charge in [-0.25, -0.2) is 0 Å². The number of nitrogens with zero attached hydrogens (tertiary/aromatic N) is 2. The van der Waals surface area contributed by atoms with E-state index in [9.17, 15) is 4.79 Å². The Bertz CT molecular complexity index is 334. The normalized spacial score (nSPS) is 11.7. The van der Waals surface area contributed by atoms with E-state index >= 15 is 0 Å². The molecule has 1 rings (SSSR count). The van der Waals surface area contributed by atoms with Gasteiger partial charge in [-0.2, -0.15) is 5.10 Å². The maximum absolute atomic E-state index is 10.9. The SMILES string of the molecule is Cc1cc(CC(C)(C)C(=O)O)nn1C. The molecule has 0 aromatic carbocycles. The zero-order valence-electron chi connectivity index (χ0n) is 9.03. The van der Waals surface area contributed by atoms with Gasteiger partial charge in [-0.1, -0.05) is 0 Å². The lowest BCUT2D eigenvalue weighted by atomic mass is 9.88. The molecule has 0 fully saturated rings. The molecule has 1 heterocycles. The van der Waals surface area contributed by atoms with E-state index in [0.29, 0.717) is 6.42 Å². The van der Waals surface area contributed by atoms with Gasteiger partial charge in [0.25, 0.3) is 0 Å². The number of aromatic nitrogens is 2. The highest BCUT2D eigenvalue weighted by atomic mass is 16.4. The fourth-order valence-corrected chi connectivity index (χ4v) is 1.25. The number of hydrogen-bond donors (Lipinski definition) is 1. The smallest absolute Gasteiger partial charge is 0.309 e. The lowest BCUT2D eigenvalue weighted by Crippen LogP contribution is -2.26. The largest absolute Gasteiger partial charge is 0.481 e. The quantitative estimate of drug-likeness (QED) is 0.794. The second-order valence-corrected chi connectivity index (χ2v) is 4.27. The van der Waals surface area contributed by atoms with Crippen molar-refractivity contribution in [3.63, 3.8) is 0 Å². The second-order valence-electron chi connectivity index (χ2n) is 4.27. The molecule has 1 aromatic rings. The van der Waals surface area contributed by atoms with Crippen LogP contribution < -0.4 is 0 Å². The third kappa shape index (κ3) is 2.13. The van der Waals surface area contributed by atoms with Crippen LogP contribution in [0, 0.1) is 12.3 Å². The number of aliphatic carboxylic acids is 1. The molecule has 0 unspecified atom stereocenters. The summed E-state index contributed by atoms with van der Waals surface area (Å²) in [5.41, 5.74) is 1.12. The van der Waals surface area contributed by atoms with Crippen molar-refractivity contribution in [1.29, 1.82) is 0 Å². The Morgan fingerprint density at radius 2 is 2.21 bits per heavy atom. The van der Waals surface area contributed by atoms with Crippen LogP contribution in [0.2, 0.25) is 0 Å². The Kier molecular flexibility index (Phi) is 2.64. The minimum Gasteiger partial charge on any atom is -0.481 e. The molecule has 1 aromatic heterocycles. The van der Waals surface area contributed by atoms with E-state index in [4.69, 9.17) is 5.11 Å². The Morgan fingerprint density at radius 3 is 2.57 bits per heavy atom. The molecule has 1 N–H and O–H groups in total. The van der Waals surface area contributed by atoms with Crippen LogP contribution in [0.25, 0.3) is 0 Å². The van der Waals surface area contributed by atoms with Crippen LogP contribution in [0.4, 0.5) is 0 Å². The summed E-state index contributed by atoms with van der Waals surface area (Å²) in [5.74, 6) is -0.791. The van der Waals surface area contributed by atoms with Crippen LogP contribution in [-0.4, -0.2) is 20.9 Å². The second kappa shape index (κ2) is 3.44. The topological polar surface area (TPSA) is 55.1 Å². The number of carboxylic acid groups (broad SMARTS) is 1. The van der Waals surface area contributed by atoms with E-state index in [1.807, 2.05) is 20.0 Å². The van der Waals surface area contributed by atoms with Crippen LogP contribution >= 0.6 is 0 Å². The minimum atomic E-state index is -0.791. The van der Waals surface area contributed by atoms with Crippen LogP contribution in [0.15, 0.2) is 6.07 Å². The monoisotopic (exact) mass is 196 g/mol. The molecule has 14 heavy (non-hydrogen) atoms. The molecule has 0 bridgehead atoms. The first-order valence-electron chi connectivity index (χ1n) is 4.56. The Labute approximate surface area is 83.5 Å². The Balaban J connectivity index is 2.84. The molecule has 0 spiro atoms. The summed E-state index contributed by atoms with van der Waals surface area (Å²) in [5, 5.41) is 13.2. The van der Waals surface area contributed by atoms with Crippen LogP contribution in [0.1, 0.15) is 25.2 Å². The van der Waals surface area contributed by atoms with E-state index in [-0.39, 0.29) is 0 Å². The van der Waals surface area contributed by atoms with Crippen LogP contribution in [-0.2, 0) is 18.3 Å². The molecule has 0 saturated carbocycles. The highest BCUT2D eigenvalue weighted by Crippen LogP contribution is 2.21. The first-order valence-corrected chi connectivity index (χ1v) is 4.56. The minimum absolute atomic E-state index is 0.462. The van der Waals surface area contributed by atoms with Crippen LogP contribution in [0.3, 0.4) is 0 Å². The molecule has 0 aliphatic rings.